The number of carbonyl (C=O) groups excluding carboxylic acids is 1. The third-order valence-electron chi connectivity index (χ3n) is 2.42. The standard InChI is InChI=1S/C11H18N2OS/c1-5-9-12-7-8(15-9)10(14)13-11(3,4)6-2/h7H,5-6H2,1-4H3,(H,13,14). The average Bonchev–Trinajstić information content (AvgIpc) is 2.65. The zero-order chi connectivity index (χ0) is 11.5. The number of aromatic nitrogens is 1. The van der Waals surface area contributed by atoms with E-state index in [4.69, 9.17) is 0 Å². The van der Waals surface area contributed by atoms with E-state index in [9.17, 15) is 4.79 Å². The van der Waals surface area contributed by atoms with Crippen LogP contribution < -0.4 is 5.32 Å². The fraction of sp³-hybridized carbons (Fsp3) is 0.636. The minimum absolute atomic E-state index is 0.0148. The van der Waals surface area contributed by atoms with Crippen molar-refractivity contribution in [2.45, 2.75) is 46.1 Å². The fourth-order valence-corrected chi connectivity index (χ4v) is 1.79. The molecule has 0 aliphatic carbocycles. The van der Waals surface area contributed by atoms with Crippen LogP contribution in [-0.2, 0) is 6.42 Å². The van der Waals surface area contributed by atoms with E-state index in [1.54, 1.807) is 6.20 Å². The van der Waals surface area contributed by atoms with Crippen LogP contribution in [-0.4, -0.2) is 16.4 Å². The highest BCUT2D eigenvalue weighted by Gasteiger charge is 2.20. The first-order valence-corrected chi connectivity index (χ1v) is 6.07. The first kappa shape index (κ1) is 12.2. The molecule has 1 aromatic rings. The maximum absolute atomic E-state index is 11.8. The lowest BCUT2D eigenvalue weighted by molar-refractivity contribution is 0.0915. The van der Waals surface area contributed by atoms with Crippen molar-refractivity contribution < 1.29 is 4.79 Å². The van der Waals surface area contributed by atoms with Gasteiger partial charge in [0, 0.05) is 5.54 Å². The molecule has 0 radical (unpaired) electrons. The summed E-state index contributed by atoms with van der Waals surface area (Å²) in [6, 6.07) is 0. The number of thiazole rings is 1. The molecule has 0 aliphatic heterocycles. The van der Waals surface area contributed by atoms with E-state index in [1.807, 2.05) is 20.8 Å². The van der Waals surface area contributed by atoms with E-state index >= 15 is 0 Å². The van der Waals surface area contributed by atoms with E-state index in [1.165, 1.54) is 11.3 Å². The normalized spacial score (nSPS) is 11.5. The molecule has 1 heterocycles. The van der Waals surface area contributed by atoms with Gasteiger partial charge in [-0.05, 0) is 26.7 Å². The van der Waals surface area contributed by atoms with Gasteiger partial charge in [0.05, 0.1) is 11.2 Å². The summed E-state index contributed by atoms with van der Waals surface area (Å²) in [6.07, 6.45) is 3.46. The molecule has 0 saturated heterocycles. The summed E-state index contributed by atoms with van der Waals surface area (Å²) in [5.74, 6) is -0.0148. The van der Waals surface area contributed by atoms with Gasteiger partial charge in [-0.3, -0.25) is 4.79 Å². The quantitative estimate of drug-likeness (QED) is 0.857. The molecule has 84 valence electrons. The molecule has 1 aromatic heterocycles. The second kappa shape index (κ2) is 4.75. The first-order chi connectivity index (χ1) is 6.98. The van der Waals surface area contributed by atoms with E-state index in [0.717, 1.165) is 17.8 Å². The Balaban J connectivity index is 2.69. The molecule has 0 aliphatic rings. The maximum Gasteiger partial charge on any atom is 0.263 e. The predicted molar refractivity (Wildman–Crippen MR) is 63.3 cm³/mol. The van der Waals surface area contributed by atoms with Crippen LogP contribution >= 0.6 is 11.3 Å². The maximum atomic E-state index is 11.8. The smallest absolute Gasteiger partial charge is 0.263 e. The van der Waals surface area contributed by atoms with Gasteiger partial charge >= 0.3 is 0 Å². The molecule has 0 fully saturated rings. The highest BCUT2D eigenvalue weighted by Crippen LogP contribution is 2.15. The van der Waals surface area contributed by atoms with Gasteiger partial charge in [0.15, 0.2) is 0 Å². The lowest BCUT2D eigenvalue weighted by Gasteiger charge is -2.23. The topological polar surface area (TPSA) is 42.0 Å². The Bertz CT molecular complexity index is 344. The van der Waals surface area contributed by atoms with Crippen molar-refractivity contribution in [1.29, 1.82) is 0 Å². The van der Waals surface area contributed by atoms with Crippen molar-refractivity contribution in [3.63, 3.8) is 0 Å². The molecular formula is C11H18N2OS. The molecule has 3 nitrogen and oxygen atoms in total. The molecule has 1 amide bonds. The number of rotatable bonds is 4. The molecule has 0 atom stereocenters. The zero-order valence-electron chi connectivity index (χ0n) is 9.76. The van der Waals surface area contributed by atoms with Crippen LogP contribution in [0.15, 0.2) is 6.20 Å². The Hall–Kier alpha value is -0.900. The monoisotopic (exact) mass is 226 g/mol. The van der Waals surface area contributed by atoms with E-state index in [0.29, 0.717) is 4.88 Å². The van der Waals surface area contributed by atoms with E-state index < -0.39 is 0 Å². The Morgan fingerprint density at radius 1 is 1.53 bits per heavy atom. The Labute approximate surface area is 94.9 Å². The van der Waals surface area contributed by atoms with Crippen LogP contribution in [0, 0.1) is 0 Å². The fourth-order valence-electron chi connectivity index (χ4n) is 1.04. The van der Waals surface area contributed by atoms with Gasteiger partial charge < -0.3 is 5.32 Å². The van der Waals surface area contributed by atoms with Gasteiger partial charge in [-0.15, -0.1) is 11.3 Å². The summed E-state index contributed by atoms with van der Waals surface area (Å²) in [5.41, 5.74) is -0.145. The van der Waals surface area contributed by atoms with Gasteiger partial charge in [0.2, 0.25) is 0 Å². The third kappa shape index (κ3) is 3.30. The molecule has 0 unspecified atom stereocenters. The zero-order valence-corrected chi connectivity index (χ0v) is 10.6. The number of hydrogen-bond donors (Lipinski definition) is 1. The van der Waals surface area contributed by atoms with Crippen molar-refractivity contribution >= 4 is 17.2 Å². The van der Waals surface area contributed by atoms with Crippen LogP contribution in [0.25, 0.3) is 0 Å². The predicted octanol–water partition coefficient (Wildman–Crippen LogP) is 2.62. The third-order valence-corrected chi connectivity index (χ3v) is 3.56. The number of amides is 1. The summed E-state index contributed by atoms with van der Waals surface area (Å²) < 4.78 is 0. The second-order valence-corrected chi connectivity index (χ2v) is 5.28. The van der Waals surface area contributed by atoms with Crippen molar-refractivity contribution in [1.82, 2.24) is 10.3 Å². The molecule has 0 aromatic carbocycles. The van der Waals surface area contributed by atoms with Crippen LogP contribution in [0.1, 0.15) is 48.8 Å². The van der Waals surface area contributed by atoms with Crippen LogP contribution in [0.5, 0.6) is 0 Å². The molecule has 1 rings (SSSR count). The van der Waals surface area contributed by atoms with Crippen LogP contribution in [0.3, 0.4) is 0 Å². The van der Waals surface area contributed by atoms with Crippen molar-refractivity contribution in [2.24, 2.45) is 0 Å². The molecule has 4 heteroatoms. The number of aryl methyl sites for hydroxylation is 1. The lowest BCUT2D eigenvalue weighted by atomic mass is 10.0. The van der Waals surface area contributed by atoms with E-state index in [-0.39, 0.29) is 11.4 Å². The SMILES string of the molecule is CCc1ncc(C(=O)NC(C)(C)CC)s1. The van der Waals surface area contributed by atoms with Crippen molar-refractivity contribution in [3.8, 4) is 0 Å². The highest BCUT2D eigenvalue weighted by molar-refractivity contribution is 7.13. The molecule has 1 N–H and O–H groups in total. The molecular weight excluding hydrogens is 208 g/mol. The van der Waals surface area contributed by atoms with Gasteiger partial charge in [0.1, 0.15) is 4.88 Å². The first-order valence-electron chi connectivity index (χ1n) is 5.25. The summed E-state index contributed by atoms with van der Waals surface area (Å²) in [4.78, 5) is 16.7. The van der Waals surface area contributed by atoms with Gasteiger partial charge in [-0.25, -0.2) is 4.98 Å². The van der Waals surface area contributed by atoms with Gasteiger partial charge in [-0.2, -0.15) is 0 Å². The summed E-state index contributed by atoms with van der Waals surface area (Å²) in [7, 11) is 0. The number of carbonyl (C=O) groups is 1. The average molecular weight is 226 g/mol. The number of nitrogens with one attached hydrogen (secondary N) is 1. The molecule has 0 bridgehead atoms. The number of nitrogens with zero attached hydrogens (tertiary/aromatic N) is 1. The summed E-state index contributed by atoms with van der Waals surface area (Å²) in [6.45, 7) is 8.14. The molecule has 15 heavy (non-hydrogen) atoms. The van der Waals surface area contributed by atoms with Crippen LogP contribution in [0.2, 0.25) is 0 Å². The molecule has 0 spiro atoms. The van der Waals surface area contributed by atoms with Crippen molar-refractivity contribution in [2.75, 3.05) is 0 Å². The van der Waals surface area contributed by atoms with Gasteiger partial charge in [-0.1, -0.05) is 13.8 Å². The van der Waals surface area contributed by atoms with E-state index in [2.05, 4.69) is 17.2 Å². The minimum atomic E-state index is -0.145. The summed E-state index contributed by atoms with van der Waals surface area (Å²) in [5, 5.41) is 4.00. The van der Waals surface area contributed by atoms with Crippen LogP contribution in [0.4, 0.5) is 0 Å². The Morgan fingerprint density at radius 3 is 2.67 bits per heavy atom. The molecule has 0 saturated carbocycles. The largest absolute Gasteiger partial charge is 0.346 e. The Kier molecular flexibility index (Phi) is 3.85. The Morgan fingerprint density at radius 2 is 2.20 bits per heavy atom. The van der Waals surface area contributed by atoms with Crippen molar-refractivity contribution in [3.05, 3.63) is 16.1 Å². The van der Waals surface area contributed by atoms with Gasteiger partial charge in [0.25, 0.3) is 5.91 Å². The lowest BCUT2D eigenvalue weighted by Crippen LogP contribution is -2.42. The highest BCUT2D eigenvalue weighted by atomic mass is 32.1. The minimum Gasteiger partial charge on any atom is -0.346 e. The second-order valence-electron chi connectivity index (χ2n) is 4.16. The number of hydrogen-bond acceptors (Lipinski definition) is 3. The summed E-state index contributed by atoms with van der Waals surface area (Å²) >= 11 is 1.47.